The molecule has 18 heavy (non-hydrogen) atoms. The molecule has 2 saturated heterocycles. The Morgan fingerprint density at radius 1 is 1.28 bits per heavy atom. The van der Waals surface area contributed by atoms with E-state index in [1.165, 1.54) is 4.90 Å². The molecule has 2 aliphatic heterocycles. The highest BCUT2D eigenvalue weighted by Gasteiger charge is 2.45. The van der Waals surface area contributed by atoms with Gasteiger partial charge in [0.25, 0.3) is 0 Å². The lowest BCUT2D eigenvalue weighted by Crippen LogP contribution is -2.45. The number of halogens is 3. The first-order chi connectivity index (χ1) is 8.38. The molecule has 2 aliphatic rings. The zero-order chi connectivity index (χ0) is 13.3. The molecule has 2 rings (SSSR count). The predicted octanol–water partition coefficient (Wildman–Crippen LogP) is 1.79. The number of likely N-dealkylation sites (tertiary alicyclic amines) is 1. The number of hydrogen-bond donors (Lipinski definition) is 1. The number of rotatable bonds is 1. The molecule has 1 amide bonds. The Morgan fingerprint density at radius 2 is 2.00 bits per heavy atom. The maximum Gasteiger partial charge on any atom is 0.393 e. The van der Waals surface area contributed by atoms with E-state index in [1.54, 1.807) is 0 Å². The zero-order valence-corrected chi connectivity index (χ0v) is 10.5. The van der Waals surface area contributed by atoms with Crippen molar-refractivity contribution >= 4 is 5.91 Å². The molecule has 3 nitrogen and oxygen atoms in total. The average Bonchev–Trinajstić information content (AvgIpc) is 2.78. The lowest BCUT2D eigenvalue weighted by Gasteiger charge is -2.30. The number of carbonyl (C=O) groups excluding carboxylic acids is 1. The van der Waals surface area contributed by atoms with Crippen molar-refractivity contribution in [2.45, 2.75) is 38.4 Å². The van der Waals surface area contributed by atoms with Crippen molar-refractivity contribution in [3.05, 3.63) is 0 Å². The van der Waals surface area contributed by atoms with Crippen molar-refractivity contribution in [2.24, 2.45) is 11.8 Å². The summed E-state index contributed by atoms with van der Waals surface area (Å²) in [6, 6.07) is 0.399. The van der Waals surface area contributed by atoms with Gasteiger partial charge in [0.2, 0.25) is 5.91 Å². The van der Waals surface area contributed by atoms with Gasteiger partial charge in [-0.05, 0) is 26.2 Å². The summed E-state index contributed by atoms with van der Waals surface area (Å²) in [5, 5.41) is 3.21. The Morgan fingerprint density at radius 3 is 2.50 bits per heavy atom. The standard InChI is InChI=1S/C12H19F3N2O/c1-8-2-3-9(6-16-8)11(18)17-5-4-10(7-17)12(13,14)15/h8-10,16H,2-7H2,1H3. The molecular formula is C12H19F3N2O. The summed E-state index contributed by atoms with van der Waals surface area (Å²) < 4.78 is 37.6. The molecular weight excluding hydrogens is 245 g/mol. The number of carbonyl (C=O) groups is 1. The largest absolute Gasteiger partial charge is 0.393 e. The van der Waals surface area contributed by atoms with Crippen LogP contribution in [0.2, 0.25) is 0 Å². The van der Waals surface area contributed by atoms with Gasteiger partial charge in [-0.25, -0.2) is 0 Å². The average molecular weight is 264 g/mol. The van der Waals surface area contributed by atoms with E-state index < -0.39 is 12.1 Å². The second-order valence-electron chi connectivity index (χ2n) is 5.40. The van der Waals surface area contributed by atoms with Crippen LogP contribution in [0.15, 0.2) is 0 Å². The molecule has 0 saturated carbocycles. The van der Waals surface area contributed by atoms with Crippen molar-refractivity contribution in [2.75, 3.05) is 19.6 Å². The second-order valence-corrected chi connectivity index (χ2v) is 5.40. The van der Waals surface area contributed by atoms with Crippen LogP contribution in [0.5, 0.6) is 0 Å². The van der Waals surface area contributed by atoms with Gasteiger partial charge in [-0.3, -0.25) is 4.79 Å². The molecule has 2 fully saturated rings. The van der Waals surface area contributed by atoms with E-state index >= 15 is 0 Å². The second kappa shape index (κ2) is 5.07. The fourth-order valence-corrected chi connectivity index (χ4v) is 2.70. The predicted molar refractivity (Wildman–Crippen MR) is 60.9 cm³/mol. The van der Waals surface area contributed by atoms with Crippen LogP contribution >= 0.6 is 0 Å². The molecule has 2 heterocycles. The van der Waals surface area contributed by atoms with Crippen LogP contribution in [0.4, 0.5) is 13.2 Å². The fourth-order valence-electron chi connectivity index (χ4n) is 2.70. The van der Waals surface area contributed by atoms with Crippen molar-refractivity contribution in [1.29, 1.82) is 0 Å². The van der Waals surface area contributed by atoms with E-state index in [2.05, 4.69) is 12.2 Å². The first-order valence-electron chi connectivity index (χ1n) is 6.47. The molecule has 0 aromatic heterocycles. The van der Waals surface area contributed by atoms with Crippen LogP contribution in [0.1, 0.15) is 26.2 Å². The van der Waals surface area contributed by atoms with Crippen molar-refractivity contribution < 1.29 is 18.0 Å². The third-order valence-electron chi connectivity index (χ3n) is 3.97. The SMILES string of the molecule is CC1CCC(C(=O)N2CCC(C(F)(F)F)C2)CN1. The van der Waals surface area contributed by atoms with E-state index in [0.29, 0.717) is 12.6 Å². The Hall–Kier alpha value is -0.780. The molecule has 3 unspecified atom stereocenters. The molecule has 0 spiro atoms. The quantitative estimate of drug-likeness (QED) is 0.783. The molecule has 3 atom stereocenters. The van der Waals surface area contributed by atoms with Crippen LogP contribution < -0.4 is 5.32 Å². The summed E-state index contributed by atoms with van der Waals surface area (Å²) in [7, 11) is 0. The third kappa shape index (κ3) is 2.96. The van der Waals surface area contributed by atoms with E-state index in [4.69, 9.17) is 0 Å². The van der Waals surface area contributed by atoms with Crippen LogP contribution in [0, 0.1) is 11.8 Å². The summed E-state index contributed by atoms with van der Waals surface area (Å²) in [4.78, 5) is 13.5. The van der Waals surface area contributed by atoms with Crippen molar-refractivity contribution in [1.82, 2.24) is 10.2 Å². The molecule has 0 radical (unpaired) electrons. The van der Waals surface area contributed by atoms with Gasteiger partial charge in [-0.1, -0.05) is 0 Å². The number of alkyl halides is 3. The number of nitrogens with one attached hydrogen (secondary N) is 1. The summed E-state index contributed by atoms with van der Waals surface area (Å²) in [6.45, 7) is 2.73. The number of nitrogens with zero attached hydrogens (tertiary/aromatic N) is 1. The van der Waals surface area contributed by atoms with Gasteiger partial charge in [0, 0.05) is 25.7 Å². The molecule has 6 heteroatoms. The minimum Gasteiger partial charge on any atom is -0.342 e. The highest BCUT2D eigenvalue weighted by atomic mass is 19.4. The van der Waals surface area contributed by atoms with Crippen LogP contribution in [-0.4, -0.2) is 42.7 Å². The van der Waals surface area contributed by atoms with Crippen molar-refractivity contribution in [3.63, 3.8) is 0 Å². The molecule has 0 aromatic carbocycles. The molecule has 0 aromatic rings. The van der Waals surface area contributed by atoms with Crippen LogP contribution in [0.25, 0.3) is 0 Å². The summed E-state index contributed by atoms with van der Waals surface area (Å²) in [5.41, 5.74) is 0. The lowest BCUT2D eigenvalue weighted by atomic mass is 9.94. The van der Waals surface area contributed by atoms with Crippen LogP contribution in [0.3, 0.4) is 0 Å². The molecule has 1 N–H and O–H groups in total. The smallest absolute Gasteiger partial charge is 0.342 e. The summed E-state index contributed by atoms with van der Waals surface area (Å²) in [6.07, 6.45) is -2.44. The van der Waals surface area contributed by atoms with Gasteiger partial charge in [0.1, 0.15) is 0 Å². The van der Waals surface area contributed by atoms with E-state index in [0.717, 1.165) is 12.8 Å². The van der Waals surface area contributed by atoms with Crippen molar-refractivity contribution in [3.8, 4) is 0 Å². The van der Waals surface area contributed by atoms with E-state index in [-0.39, 0.29) is 31.3 Å². The van der Waals surface area contributed by atoms with E-state index in [1.807, 2.05) is 0 Å². The Kier molecular flexibility index (Phi) is 3.84. The van der Waals surface area contributed by atoms with Crippen LogP contribution in [-0.2, 0) is 4.79 Å². The summed E-state index contributed by atoms with van der Waals surface area (Å²) >= 11 is 0. The number of amides is 1. The van der Waals surface area contributed by atoms with Gasteiger partial charge in [-0.15, -0.1) is 0 Å². The highest BCUT2D eigenvalue weighted by Crippen LogP contribution is 2.34. The van der Waals surface area contributed by atoms with Gasteiger partial charge in [0.15, 0.2) is 0 Å². The Bertz CT molecular complexity index is 311. The van der Waals surface area contributed by atoms with Gasteiger partial charge >= 0.3 is 6.18 Å². The minimum atomic E-state index is -4.17. The first-order valence-corrected chi connectivity index (χ1v) is 6.47. The first kappa shape index (κ1) is 13.6. The Labute approximate surface area is 105 Å². The lowest BCUT2D eigenvalue weighted by molar-refractivity contribution is -0.171. The normalized spacial score (nSPS) is 33.8. The zero-order valence-electron chi connectivity index (χ0n) is 10.5. The third-order valence-corrected chi connectivity index (χ3v) is 3.97. The van der Waals surface area contributed by atoms with Gasteiger partial charge in [0.05, 0.1) is 11.8 Å². The number of piperidine rings is 1. The van der Waals surface area contributed by atoms with E-state index in [9.17, 15) is 18.0 Å². The number of hydrogen-bond acceptors (Lipinski definition) is 2. The minimum absolute atomic E-state index is 0.0474. The highest BCUT2D eigenvalue weighted by molar-refractivity contribution is 5.79. The molecule has 104 valence electrons. The summed E-state index contributed by atoms with van der Waals surface area (Å²) in [5.74, 6) is -1.59. The Balaban J connectivity index is 1.88. The maximum absolute atomic E-state index is 12.5. The maximum atomic E-state index is 12.5. The fraction of sp³-hybridized carbons (Fsp3) is 0.917. The molecule has 0 bridgehead atoms. The topological polar surface area (TPSA) is 32.3 Å². The monoisotopic (exact) mass is 264 g/mol. The molecule has 0 aliphatic carbocycles. The van der Waals surface area contributed by atoms with Gasteiger partial charge in [-0.2, -0.15) is 13.2 Å². The van der Waals surface area contributed by atoms with Gasteiger partial charge < -0.3 is 10.2 Å².